The lowest BCUT2D eigenvalue weighted by Crippen LogP contribution is -2.23. The van der Waals surface area contributed by atoms with Crippen molar-refractivity contribution in [3.05, 3.63) is 204 Å². The van der Waals surface area contributed by atoms with Crippen LogP contribution in [0.1, 0.15) is 60.6 Å². The molecule has 0 saturated carbocycles. The van der Waals surface area contributed by atoms with Gasteiger partial charge in [0.15, 0.2) is 0 Å². The average Bonchev–Trinajstić information content (AvgIpc) is 3.72. The second-order valence-electron chi connectivity index (χ2n) is 17.6. The lowest BCUT2D eigenvalue weighted by Gasteiger charge is -2.29. The third kappa shape index (κ3) is 5.53. The fourth-order valence-electron chi connectivity index (χ4n) is 10.5. The third-order valence-electron chi connectivity index (χ3n) is 13.7. The highest BCUT2D eigenvalue weighted by Crippen LogP contribution is 2.55. The van der Waals surface area contributed by atoms with E-state index in [1.54, 1.807) is 0 Å². The molecule has 1 heterocycles. The summed E-state index contributed by atoms with van der Waals surface area (Å²) in [4.78, 5) is 0. The highest BCUT2D eigenvalue weighted by molar-refractivity contribution is 6.20. The quantitative estimate of drug-likeness (QED) is 0.121. The molecule has 0 fully saturated rings. The first kappa shape index (κ1) is 36.1. The molecule has 0 N–H and O–H groups in total. The molecule has 0 saturated heterocycles. The Hall–Kier alpha value is -6.96. The van der Waals surface area contributed by atoms with E-state index >= 15 is 0 Å². The molecule has 0 bridgehead atoms. The van der Waals surface area contributed by atoms with Gasteiger partial charge in [-0.25, -0.2) is 0 Å². The summed E-state index contributed by atoms with van der Waals surface area (Å²) >= 11 is 0. The van der Waals surface area contributed by atoms with Crippen molar-refractivity contribution in [3.8, 4) is 11.1 Å². The Morgan fingerprint density at radius 3 is 1.98 bits per heavy atom. The summed E-state index contributed by atoms with van der Waals surface area (Å²) in [5, 5.41) is 12.3. The SMILES string of the molecule is C=C(CC1C(=C)c2c(ccc3cc4c(cc23)oc2ccccc24)C1(C)C)c1ccc(/C=C(\C)c2c3ccccc3c(-c3ccc4ccccc4c3)c3ccccc23)c(C)c1. The minimum absolute atomic E-state index is 0.101. The summed E-state index contributed by atoms with van der Waals surface area (Å²) < 4.78 is 6.35. The van der Waals surface area contributed by atoms with Crippen LogP contribution in [-0.2, 0) is 5.41 Å². The molecular weight excluding hydrogens is 725 g/mol. The minimum atomic E-state index is -0.101. The number of fused-ring (bicyclic) bond motifs is 9. The van der Waals surface area contributed by atoms with Crippen LogP contribution >= 0.6 is 0 Å². The van der Waals surface area contributed by atoms with Crippen LogP contribution in [-0.4, -0.2) is 0 Å². The Labute approximate surface area is 351 Å². The second-order valence-corrected chi connectivity index (χ2v) is 17.6. The molecule has 0 spiro atoms. The summed E-state index contributed by atoms with van der Waals surface area (Å²) in [7, 11) is 0. The van der Waals surface area contributed by atoms with Gasteiger partial charge in [0.25, 0.3) is 0 Å². The van der Waals surface area contributed by atoms with Crippen LogP contribution in [0.2, 0.25) is 0 Å². The summed E-state index contributed by atoms with van der Waals surface area (Å²) in [6, 6.07) is 57.6. The Balaban J connectivity index is 0.923. The summed E-state index contributed by atoms with van der Waals surface area (Å²) in [6.07, 6.45) is 3.21. The zero-order valence-electron chi connectivity index (χ0n) is 34.7. The first-order valence-corrected chi connectivity index (χ1v) is 21.1. The van der Waals surface area contributed by atoms with E-state index in [-0.39, 0.29) is 11.3 Å². The maximum absolute atomic E-state index is 6.35. The van der Waals surface area contributed by atoms with Crippen molar-refractivity contribution in [3.63, 3.8) is 0 Å². The molecule has 0 radical (unpaired) electrons. The number of allylic oxidation sites excluding steroid dienone is 3. The molecule has 1 heteroatoms. The fraction of sp³-hybridized carbons (Fsp3) is 0.119. The van der Waals surface area contributed by atoms with Gasteiger partial charge in [-0.1, -0.05) is 167 Å². The first-order chi connectivity index (χ1) is 29.2. The fourth-order valence-corrected chi connectivity index (χ4v) is 10.5. The maximum atomic E-state index is 6.35. The van der Waals surface area contributed by atoms with Gasteiger partial charge in [0.1, 0.15) is 11.2 Å². The van der Waals surface area contributed by atoms with Gasteiger partial charge in [-0.15, -0.1) is 0 Å². The van der Waals surface area contributed by atoms with E-state index in [0.29, 0.717) is 0 Å². The van der Waals surface area contributed by atoms with E-state index in [0.717, 1.165) is 33.9 Å². The van der Waals surface area contributed by atoms with Gasteiger partial charge in [0.2, 0.25) is 0 Å². The normalized spacial score (nSPS) is 15.2. The molecule has 0 amide bonds. The largest absolute Gasteiger partial charge is 0.456 e. The van der Waals surface area contributed by atoms with Gasteiger partial charge >= 0.3 is 0 Å². The van der Waals surface area contributed by atoms with Gasteiger partial charge in [-0.2, -0.15) is 0 Å². The lowest BCUT2D eigenvalue weighted by atomic mass is 9.74. The monoisotopic (exact) mass is 770 g/mol. The van der Waals surface area contributed by atoms with E-state index in [4.69, 9.17) is 17.6 Å². The summed E-state index contributed by atoms with van der Waals surface area (Å²) in [6.45, 7) is 18.7. The molecule has 1 aromatic heterocycles. The molecule has 1 atom stereocenters. The van der Waals surface area contributed by atoms with Crippen LogP contribution in [0.25, 0.3) is 99.0 Å². The highest BCUT2D eigenvalue weighted by atomic mass is 16.3. The second kappa shape index (κ2) is 13.5. The highest BCUT2D eigenvalue weighted by Gasteiger charge is 2.43. The van der Waals surface area contributed by atoms with Crippen LogP contribution in [0.3, 0.4) is 0 Å². The molecule has 0 aliphatic heterocycles. The minimum Gasteiger partial charge on any atom is -0.456 e. The molecule has 11 rings (SSSR count). The number of furan rings is 1. The predicted octanol–water partition coefficient (Wildman–Crippen LogP) is 16.8. The zero-order valence-corrected chi connectivity index (χ0v) is 34.7. The van der Waals surface area contributed by atoms with Crippen LogP contribution < -0.4 is 0 Å². The topological polar surface area (TPSA) is 13.1 Å². The number of rotatable bonds is 6. The molecule has 10 aromatic rings. The van der Waals surface area contributed by atoms with Gasteiger partial charge in [0.05, 0.1) is 0 Å². The van der Waals surface area contributed by atoms with Crippen molar-refractivity contribution >= 4 is 87.8 Å². The lowest BCUT2D eigenvalue weighted by molar-refractivity contribution is 0.420. The van der Waals surface area contributed by atoms with Crippen molar-refractivity contribution in [2.24, 2.45) is 5.92 Å². The Morgan fingerprint density at radius 1 is 0.600 bits per heavy atom. The van der Waals surface area contributed by atoms with Crippen molar-refractivity contribution in [2.45, 2.75) is 39.5 Å². The van der Waals surface area contributed by atoms with Gasteiger partial charge < -0.3 is 4.42 Å². The van der Waals surface area contributed by atoms with E-state index in [2.05, 4.69) is 185 Å². The maximum Gasteiger partial charge on any atom is 0.136 e. The average molecular weight is 771 g/mol. The van der Waals surface area contributed by atoms with Crippen molar-refractivity contribution < 1.29 is 4.42 Å². The van der Waals surface area contributed by atoms with E-state index in [1.165, 1.54) is 98.7 Å². The molecule has 1 unspecified atom stereocenters. The standard InChI is InChI=1S/C59H46O/c1-35-29-40(36(2)31-53-38(4)57-50-34-55-51(45-17-13-14-22-54(45)60-55)33-43(50)27-28-52(57)59(53,5)6)24-25-41(35)30-37(3)56-46-18-9-11-20-48(46)58(49-21-12-10-19-47(49)56)44-26-23-39-15-7-8-16-42(39)32-44/h7-30,32-34,53H,2,4,31H2,1,3,5-6H3/b37-30+. The summed E-state index contributed by atoms with van der Waals surface area (Å²) in [5.74, 6) is 0.221. The van der Waals surface area contributed by atoms with Crippen LogP contribution in [0, 0.1) is 12.8 Å². The summed E-state index contributed by atoms with van der Waals surface area (Å²) in [5.41, 5.74) is 15.4. The molecule has 60 heavy (non-hydrogen) atoms. The predicted molar refractivity (Wildman–Crippen MR) is 260 cm³/mol. The van der Waals surface area contributed by atoms with Crippen molar-refractivity contribution in [1.29, 1.82) is 0 Å². The van der Waals surface area contributed by atoms with Crippen molar-refractivity contribution in [1.82, 2.24) is 0 Å². The number of para-hydroxylation sites is 1. The van der Waals surface area contributed by atoms with Crippen LogP contribution in [0.4, 0.5) is 0 Å². The first-order valence-electron chi connectivity index (χ1n) is 21.1. The Bertz CT molecular complexity index is 3440. The third-order valence-corrected chi connectivity index (χ3v) is 13.7. The molecule has 1 aliphatic rings. The smallest absolute Gasteiger partial charge is 0.136 e. The van der Waals surface area contributed by atoms with E-state index < -0.39 is 0 Å². The molecule has 1 aliphatic carbocycles. The van der Waals surface area contributed by atoms with Crippen molar-refractivity contribution in [2.75, 3.05) is 0 Å². The number of benzene rings is 9. The zero-order chi connectivity index (χ0) is 40.9. The Morgan fingerprint density at radius 2 is 1.25 bits per heavy atom. The number of aryl methyl sites for hydroxylation is 1. The van der Waals surface area contributed by atoms with Crippen LogP contribution in [0.5, 0.6) is 0 Å². The Kier molecular flexibility index (Phi) is 8.16. The molecule has 1 nitrogen and oxygen atoms in total. The van der Waals surface area contributed by atoms with E-state index in [9.17, 15) is 0 Å². The number of hydrogen-bond acceptors (Lipinski definition) is 1. The molecule has 288 valence electrons. The van der Waals surface area contributed by atoms with E-state index in [1.807, 2.05) is 6.07 Å². The molecular formula is C59H46O. The van der Waals surface area contributed by atoms with Gasteiger partial charge in [0, 0.05) is 10.8 Å². The van der Waals surface area contributed by atoms with Gasteiger partial charge in [-0.3, -0.25) is 0 Å². The van der Waals surface area contributed by atoms with Gasteiger partial charge in [-0.05, 0) is 160 Å². The van der Waals surface area contributed by atoms with Crippen LogP contribution in [0.15, 0.2) is 175 Å². The number of hydrogen-bond donors (Lipinski definition) is 0. The molecule has 9 aromatic carbocycles.